The summed E-state index contributed by atoms with van der Waals surface area (Å²) in [5.74, 6) is 2.52. The zero-order valence-electron chi connectivity index (χ0n) is 15.4. The minimum Gasteiger partial charge on any atom is -0.489 e. The minimum absolute atomic E-state index is 0.583. The predicted octanol–water partition coefficient (Wildman–Crippen LogP) is 6.01. The van der Waals surface area contributed by atoms with Crippen molar-refractivity contribution in [3.05, 3.63) is 108 Å². The standard InChI is InChI=1S/C24H20N2OS/c1-2-7-19(8-3-1)17-27-21-13-11-20(12-14-21)18-28-23-10-5-4-9-22(23)24-25-15-6-16-26-24/h1-16H,17-18H2. The van der Waals surface area contributed by atoms with Crippen molar-refractivity contribution in [2.24, 2.45) is 0 Å². The number of nitrogens with zero attached hydrogens (tertiary/aromatic N) is 2. The molecule has 0 radical (unpaired) electrons. The van der Waals surface area contributed by atoms with Gasteiger partial charge in [0.2, 0.25) is 0 Å². The summed E-state index contributed by atoms with van der Waals surface area (Å²) in [6.45, 7) is 0.583. The molecule has 0 saturated carbocycles. The highest BCUT2D eigenvalue weighted by Crippen LogP contribution is 2.31. The molecule has 3 aromatic carbocycles. The maximum atomic E-state index is 5.86. The van der Waals surface area contributed by atoms with Gasteiger partial charge < -0.3 is 4.74 Å². The summed E-state index contributed by atoms with van der Waals surface area (Å²) < 4.78 is 5.86. The quantitative estimate of drug-likeness (QED) is 0.365. The van der Waals surface area contributed by atoms with E-state index >= 15 is 0 Å². The van der Waals surface area contributed by atoms with Gasteiger partial charge in [-0.3, -0.25) is 0 Å². The molecule has 0 spiro atoms. The van der Waals surface area contributed by atoms with Crippen molar-refractivity contribution in [3.63, 3.8) is 0 Å². The van der Waals surface area contributed by atoms with Crippen molar-refractivity contribution in [3.8, 4) is 17.1 Å². The Morgan fingerprint density at radius 1 is 0.679 bits per heavy atom. The molecule has 4 heteroatoms. The van der Waals surface area contributed by atoms with Crippen molar-refractivity contribution in [2.45, 2.75) is 17.3 Å². The summed E-state index contributed by atoms with van der Waals surface area (Å²) in [7, 11) is 0. The van der Waals surface area contributed by atoms with Crippen LogP contribution in [0.3, 0.4) is 0 Å². The van der Waals surface area contributed by atoms with E-state index < -0.39 is 0 Å². The van der Waals surface area contributed by atoms with Crippen molar-refractivity contribution in [1.29, 1.82) is 0 Å². The number of thioether (sulfide) groups is 1. The first-order valence-electron chi connectivity index (χ1n) is 9.13. The molecule has 0 bridgehead atoms. The molecule has 0 aliphatic heterocycles. The van der Waals surface area contributed by atoms with Gasteiger partial charge in [0.1, 0.15) is 12.4 Å². The normalized spacial score (nSPS) is 10.6. The number of benzene rings is 3. The Labute approximate surface area is 169 Å². The molecule has 0 atom stereocenters. The van der Waals surface area contributed by atoms with Crippen molar-refractivity contribution in [2.75, 3.05) is 0 Å². The third kappa shape index (κ3) is 4.78. The number of ether oxygens (including phenoxy) is 1. The van der Waals surface area contributed by atoms with E-state index in [9.17, 15) is 0 Å². The summed E-state index contributed by atoms with van der Waals surface area (Å²) in [4.78, 5) is 9.94. The molecule has 1 aromatic heterocycles. The summed E-state index contributed by atoms with van der Waals surface area (Å²) in [6.07, 6.45) is 3.55. The number of rotatable bonds is 7. The molecule has 0 saturated heterocycles. The Hall–Kier alpha value is -3.11. The highest BCUT2D eigenvalue weighted by atomic mass is 32.2. The smallest absolute Gasteiger partial charge is 0.160 e. The number of hydrogen-bond donors (Lipinski definition) is 0. The molecule has 0 aliphatic carbocycles. The maximum absolute atomic E-state index is 5.86. The van der Waals surface area contributed by atoms with Gasteiger partial charge >= 0.3 is 0 Å². The summed E-state index contributed by atoms with van der Waals surface area (Å²) in [5.41, 5.74) is 3.48. The largest absolute Gasteiger partial charge is 0.489 e. The van der Waals surface area contributed by atoms with Crippen molar-refractivity contribution < 1.29 is 4.74 Å². The van der Waals surface area contributed by atoms with Gasteiger partial charge in [0, 0.05) is 28.6 Å². The van der Waals surface area contributed by atoms with E-state index in [0.29, 0.717) is 6.61 Å². The van der Waals surface area contributed by atoms with Gasteiger partial charge in [0.25, 0.3) is 0 Å². The zero-order valence-corrected chi connectivity index (χ0v) is 16.2. The minimum atomic E-state index is 0.583. The Kier molecular flexibility index (Phi) is 6.00. The van der Waals surface area contributed by atoms with Crippen LogP contribution in [0.25, 0.3) is 11.4 Å². The van der Waals surface area contributed by atoms with E-state index in [4.69, 9.17) is 4.74 Å². The van der Waals surface area contributed by atoms with Crippen LogP contribution in [0.1, 0.15) is 11.1 Å². The lowest BCUT2D eigenvalue weighted by Crippen LogP contribution is -1.95. The number of hydrogen-bond acceptors (Lipinski definition) is 4. The lowest BCUT2D eigenvalue weighted by atomic mass is 10.2. The topological polar surface area (TPSA) is 35.0 Å². The molecule has 0 unspecified atom stereocenters. The van der Waals surface area contributed by atoms with Gasteiger partial charge in [0.05, 0.1) is 0 Å². The third-order valence-corrected chi connectivity index (χ3v) is 5.40. The lowest BCUT2D eigenvalue weighted by Gasteiger charge is -2.09. The molecule has 0 fully saturated rings. The Morgan fingerprint density at radius 3 is 2.18 bits per heavy atom. The first-order chi connectivity index (χ1) is 13.9. The molecule has 4 aromatic rings. The van der Waals surface area contributed by atoms with E-state index in [-0.39, 0.29) is 0 Å². The molecule has 0 amide bonds. The molecular weight excluding hydrogens is 364 g/mol. The van der Waals surface area contributed by atoms with Gasteiger partial charge in [-0.15, -0.1) is 11.8 Å². The summed E-state index contributed by atoms with van der Waals surface area (Å²) in [6, 6.07) is 28.6. The van der Waals surface area contributed by atoms with Gasteiger partial charge in [-0.05, 0) is 35.4 Å². The van der Waals surface area contributed by atoms with Gasteiger partial charge in [-0.1, -0.05) is 60.7 Å². The Bertz CT molecular complexity index is 1010. The Morgan fingerprint density at radius 2 is 1.39 bits per heavy atom. The summed E-state index contributed by atoms with van der Waals surface area (Å²) in [5, 5.41) is 0. The SMILES string of the molecule is c1ccc(COc2ccc(CSc3ccccc3-c3ncccn3)cc2)cc1. The van der Waals surface area contributed by atoms with Crippen LogP contribution in [0.15, 0.2) is 102 Å². The summed E-state index contributed by atoms with van der Waals surface area (Å²) >= 11 is 1.79. The first kappa shape index (κ1) is 18.3. The molecule has 3 nitrogen and oxygen atoms in total. The molecule has 0 aliphatic rings. The average molecular weight is 385 g/mol. The maximum Gasteiger partial charge on any atom is 0.160 e. The van der Waals surface area contributed by atoms with Crippen LogP contribution < -0.4 is 4.74 Å². The van der Waals surface area contributed by atoms with Crippen molar-refractivity contribution >= 4 is 11.8 Å². The fourth-order valence-corrected chi connectivity index (χ4v) is 3.80. The fourth-order valence-electron chi connectivity index (χ4n) is 2.80. The second kappa shape index (κ2) is 9.20. The highest BCUT2D eigenvalue weighted by molar-refractivity contribution is 7.98. The molecule has 4 rings (SSSR count). The second-order valence-electron chi connectivity index (χ2n) is 6.28. The average Bonchev–Trinajstić information content (AvgIpc) is 2.78. The molecule has 28 heavy (non-hydrogen) atoms. The molecule has 1 heterocycles. The van der Waals surface area contributed by atoms with E-state index in [1.807, 2.05) is 42.5 Å². The van der Waals surface area contributed by atoms with Crippen molar-refractivity contribution in [1.82, 2.24) is 9.97 Å². The predicted molar refractivity (Wildman–Crippen MR) is 114 cm³/mol. The van der Waals surface area contributed by atoms with E-state index in [2.05, 4.69) is 52.4 Å². The molecule has 138 valence electrons. The Balaban J connectivity index is 1.38. The monoisotopic (exact) mass is 384 g/mol. The molecule has 0 N–H and O–H groups in total. The van der Waals surface area contributed by atoms with Crippen LogP contribution in [0.4, 0.5) is 0 Å². The van der Waals surface area contributed by atoms with Crippen LogP contribution in [-0.2, 0) is 12.4 Å². The number of aromatic nitrogens is 2. The van der Waals surface area contributed by atoms with E-state index in [0.717, 1.165) is 22.9 Å². The van der Waals surface area contributed by atoms with Gasteiger partial charge in [0.15, 0.2) is 5.82 Å². The van der Waals surface area contributed by atoms with Crippen LogP contribution >= 0.6 is 11.8 Å². The van der Waals surface area contributed by atoms with Crippen LogP contribution in [0, 0.1) is 0 Å². The highest BCUT2D eigenvalue weighted by Gasteiger charge is 2.07. The van der Waals surface area contributed by atoms with Crippen LogP contribution in [-0.4, -0.2) is 9.97 Å². The van der Waals surface area contributed by atoms with E-state index in [1.165, 1.54) is 16.0 Å². The van der Waals surface area contributed by atoms with E-state index in [1.54, 1.807) is 24.2 Å². The van der Waals surface area contributed by atoms with Crippen LogP contribution in [0.5, 0.6) is 5.75 Å². The van der Waals surface area contributed by atoms with Crippen LogP contribution in [0.2, 0.25) is 0 Å². The fraction of sp³-hybridized carbons (Fsp3) is 0.0833. The third-order valence-electron chi connectivity index (χ3n) is 4.26. The first-order valence-corrected chi connectivity index (χ1v) is 10.1. The van der Waals surface area contributed by atoms with Gasteiger partial charge in [-0.25, -0.2) is 9.97 Å². The molecular formula is C24H20N2OS. The zero-order chi connectivity index (χ0) is 19.0. The second-order valence-corrected chi connectivity index (χ2v) is 7.29. The lowest BCUT2D eigenvalue weighted by molar-refractivity contribution is 0.306. The van der Waals surface area contributed by atoms with Gasteiger partial charge in [-0.2, -0.15) is 0 Å².